The van der Waals surface area contributed by atoms with E-state index in [2.05, 4.69) is 17.6 Å². The van der Waals surface area contributed by atoms with Crippen LogP contribution in [-0.2, 0) is 12.8 Å². The number of hydrogen-bond donors (Lipinski definition) is 3. The third kappa shape index (κ3) is 4.36. The van der Waals surface area contributed by atoms with Crippen LogP contribution in [0.1, 0.15) is 55.6 Å². The van der Waals surface area contributed by atoms with Crippen molar-refractivity contribution in [1.82, 2.24) is 5.32 Å². The number of aryl methyl sites for hydroxylation is 2. The number of fused-ring (bicyclic) bond motifs is 1. The Hall–Kier alpha value is -2.25. The van der Waals surface area contributed by atoms with Gasteiger partial charge in [-0.15, -0.1) is 11.3 Å². The van der Waals surface area contributed by atoms with Crippen LogP contribution in [0.3, 0.4) is 0 Å². The lowest BCUT2D eigenvalue weighted by atomic mass is 9.88. The second kappa shape index (κ2) is 7.78. The van der Waals surface area contributed by atoms with Gasteiger partial charge in [0.15, 0.2) is 5.11 Å². The Morgan fingerprint density at radius 1 is 1.22 bits per heavy atom. The Labute approximate surface area is 168 Å². The molecule has 2 amide bonds. The topological polar surface area (TPSA) is 84.2 Å². The summed E-state index contributed by atoms with van der Waals surface area (Å²) in [6, 6.07) is 5.62. The molecule has 1 aromatic heterocycles. The Morgan fingerprint density at radius 2 is 1.89 bits per heavy atom. The minimum Gasteiger partial charge on any atom is -0.365 e. The summed E-state index contributed by atoms with van der Waals surface area (Å²) in [5.41, 5.74) is 9.71. The van der Waals surface area contributed by atoms with Crippen molar-refractivity contribution in [3.05, 3.63) is 50.9 Å². The number of nitrogens with one attached hydrogen (secondary N) is 2. The minimum atomic E-state index is -0.465. The predicted octanol–water partition coefficient (Wildman–Crippen LogP) is 3.72. The van der Waals surface area contributed by atoms with E-state index in [1.807, 2.05) is 32.0 Å². The molecule has 4 N–H and O–H groups in total. The molecule has 7 heteroatoms. The smallest absolute Gasteiger partial charge is 0.257 e. The normalized spacial score (nSPS) is 15.7. The van der Waals surface area contributed by atoms with Gasteiger partial charge >= 0.3 is 0 Å². The Kier molecular flexibility index (Phi) is 5.62. The van der Waals surface area contributed by atoms with Crippen LogP contribution in [0.4, 0.5) is 5.00 Å². The molecule has 0 saturated carbocycles. The number of benzene rings is 1. The Balaban J connectivity index is 1.78. The first-order valence-electron chi connectivity index (χ1n) is 8.89. The molecule has 1 aromatic carbocycles. The highest BCUT2D eigenvalue weighted by molar-refractivity contribution is 7.80. The number of carbonyl (C=O) groups excluding carboxylic acids is 2. The first kappa shape index (κ1) is 19.5. The van der Waals surface area contributed by atoms with E-state index in [9.17, 15) is 9.59 Å². The zero-order chi connectivity index (χ0) is 19.7. The maximum atomic E-state index is 12.5. The molecule has 0 saturated heterocycles. The van der Waals surface area contributed by atoms with Crippen molar-refractivity contribution in [3.8, 4) is 0 Å². The third-order valence-electron chi connectivity index (χ3n) is 4.70. The van der Waals surface area contributed by atoms with E-state index >= 15 is 0 Å². The minimum absolute atomic E-state index is 0.160. The average Bonchev–Trinajstić information content (AvgIpc) is 2.90. The first-order chi connectivity index (χ1) is 12.7. The first-order valence-corrected chi connectivity index (χ1v) is 10.1. The SMILES string of the molecule is Cc1cc(C)cc(C(=O)NC(=S)Nc2sc3c(c2C(N)=O)CCC(C)C3)c1. The van der Waals surface area contributed by atoms with Crippen molar-refractivity contribution in [2.75, 3.05) is 5.32 Å². The third-order valence-corrected chi connectivity index (χ3v) is 6.07. The molecule has 142 valence electrons. The average molecular weight is 402 g/mol. The fourth-order valence-corrected chi connectivity index (χ4v) is 5.19. The molecule has 0 spiro atoms. The van der Waals surface area contributed by atoms with E-state index in [0.29, 0.717) is 22.0 Å². The number of anilines is 1. The van der Waals surface area contributed by atoms with Crippen LogP contribution in [-0.4, -0.2) is 16.9 Å². The molecule has 0 aliphatic heterocycles. The Morgan fingerprint density at radius 3 is 2.52 bits per heavy atom. The summed E-state index contributed by atoms with van der Waals surface area (Å²) in [5, 5.41) is 6.48. The Bertz CT molecular complexity index is 913. The zero-order valence-electron chi connectivity index (χ0n) is 15.6. The van der Waals surface area contributed by atoms with Crippen LogP contribution in [0.5, 0.6) is 0 Å². The van der Waals surface area contributed by atoms with Gasteiger partial charge in [0.25, 0.3) is 11.8 Å². The number of rotatable bonds is 3. The van der Waals surface area contributed by atoms with Crippen LogP contribution >= 0.6 is 23.6 Å². The lowest BCUT2D eigenvalue weighted by molar-refractivity contribution is 0.0975. The molecular weight excluding hydrogens is 378 g/mol. The summed E-state index contributed by atoms with van der Waals surface area (Å²) in [7, 11) is 0. The van der Waals surface area contributed by atoms with Gasteiger partial charge in [0, 0.05) is 10.4 Å². The van der Waals surface area contributed by atoms with Gasteiger partial charge in [-0.05, 0) is 68.9 Å². The summed E-state index contributed by atoms with van der Waals surface area (Å²) in [6.07, 6.45) is 2.82. The highest BCUT2D eigenvalue weighted by Crippen LogP contribution is 2.39. The number of thiocarbonyl (C=S) groups is 1. The highest BCUT2D eigenvalue weighted by atomic mass is 32.1. The number of nitrogens with two attached hydrogens (primary N) is 1. The molecule has 27 heavy (non-hydrogen) atoms. The predicted molar refractivity (Wildman–Crippen MR) is 114 cm³/mol. The molecule has 1 heterocycles. The maximum absolute atomic E-state index is 12.5. The van der Waals surface area contributed by atoms with Crippen LogP contribution in [0.2, 0.25) is 0 Å². The van der Waals surface area contributed by atoms with E-state index in [1.165, 1.54) is 16.2 Å². The van der Waals surface area contributed by atoms with Gasteiger partial charge in [-0.1, -0.05) is 24.1 Å². The summed E-state index contributed by atoms with van der Waals surface area (Å²) < 4.78 is 0. The van der Waals surface area contributed by atoms with Crippen molar-refractivity contribution in [2.45, 2.75) is 40.0 Å². The molecule has 2 aromatic rings. The highest BCUT2D eigenvalue weighted by Gasteiger charge is 2.27. The molecule has 0 radical (unpaired) electrons. The van der Waals surface area contributed by atoms with Crippen LogP contribution in [0.25, 0.3) is 0 Å². The number of amides is 2. The molecule has 0 bridgehead atoms. The van der Waals surface area contributed by atoms with Crippen molar-refractivity contribution >= 4 is 45.5 Å². The van der Waals surface area contributed by atoms with Crippen molar-refractivity contribution in [3.63, 3.8) is 0 Å². The molecule has 3 rings (SSSR count). The molecule has 1 atom stereocenters. The molecular formula is C20H23N3O2S2. The maximum Gasteiger partial charge on any atom is 0.257 e. The second-order valence-electron chi connectivity index (χ2n) is 7.20. The number of carbonyl (C=O) groups is 2. The number of thiophene rings is 1. The summed E-state index contributed by atoms with van der Waals surface area (Å²) in [5.74, 6) is -0.163. The summed E-state index contributed by atoms with van der Waals surface area (Å²) in [4.78, 5) is 25.6. The molecule has 0 fully saturated rings. The molecule has 1 unspecified atom stereocenters. The van der Waals surface area contributed by atoms with E-state index in [-0.39, 0.29) is 11.0 Å². The number of primary amides is 1. The largest absolute Gasteiger partial charge is 0.365 e. The van der Waals surface area contributed by atoms with Gasteiger partial charge in [0.1, 0.15) is 5.00 Å². The fourth-order valence-electron chi connectivity index (χ4n) is 3.51. The van der Waals surface area contributed by atoms with Gasteiger partial charge in [-0.2, -0.15) is 0 Å². The van der Waals surface area contributed by atoms with E-state index in [1.54, 1.807) is 0 Å². The van der Waals surface area contributed by atoms with Crippen molar-refractivity contribution in [1.29, 1.82) is 0 Å². The van der Waals surface area contributed by atoms with Crippen molar-refractivity contribution in [2.24, 2.45) is 11.7 Å². The van der Waals surface area contributed by atoms with E-state index < -0.39 is 5.91 Å². The van der Waals surface area contributed by atoms with E-state index in [4.69, 9.17) is 18.0 Å². The standard InChI is InChI=1S/C20H23N3O2S2/c1-10-4-5-14-15(9-10)27-19(16(14)17(21)24)23-20(26)22-18(25)13-7-11(2)6-12(3)8-13/h6-8,10H,4-5,9H2,1-3H3,(H2,21,24)(H2,22,23,25,26). The van der Waals surface area contributed by atoms with Gasteiger partial charge in [0.2, 0.25) is 0 Å². The van der Waals surface area contributed by atoms with Gasteiger partial charge in [-0.25, -0.2) is 0 Å². The lowest BCUT2D eigenvalue weighted by Gasteiger charge is -2.18. The van der Waals surface area contributed by atoms with Gasteiger partial charge in [-0.3, -0.25) is 14.9 Å². The molecule has 5 nitrogen and oxygen atoms in total. The molecule has 1 aliphatic rings. The quantitative estimate of drug-likeness (QED) is 0.685. The van der Waals surface area contributed by atoms with Crippen LogP contribution in [0, 0.1) is 19.8 Å². The van der Waals surface area contributed by atoms with Crippen molar-refractivity contribution < 1.29 is 9.59 Å². The zero-order valence-corrected chi connectivity index (χ0v) is 17.3. The fraction of sp³-hybridized carbons (Fsp3) is 0.350. The summed E-state index contributed by atoms with van der Waals surface area (Å²) >= 11 is 6.80. The van der Waals surface area contributed by atoms with Gasteiger partial charge in [0.05, 0.1) is 5.56 Å². The van der Waals surface area contributed by atoms with Crippen LogP contribution in [0.15, 0.2) is 18.2 Å². The van der Waals surface area contributed by atoms with Gasteiger partial charge < -0.3 is 11.1 Å². The molecule has 1 aliphatic carbocycles. The van der Waals surface area contributed by atoms with E-state index in [0.717, 1.165) is 36.0 Å². The number of hydrogen-bond acceptors (Lipinski definition) is 4. The summed E-state index contributed by atoms with van der Waals surface area (Å²) in [6.45, 7) is 6.09. The monoisotopic (exact) mass is 401 g/mol. The van der Waals surface area contributed by atoms with Crippen LogP contribution < -0.4 is 16.4 Å². The lowest BCUT2D eigenvalue weighted by Crippen LogP contribution is -2.34. The second-order valence-corrected chi connectivity index (χ2v) is 8.72.